The molecule has 2 unspecified atom stereocenters. The van der Waals surface area contributed by atoms with Gasteiger partial charge >= 0.3 is 6.18 Å². The Morgan fingerprint density at radius 3 is 2.33 bits per heavy atom. The normalized spacial score (nSPS) is 14.9. The van der Waals surface area contributed by atoms with E-state index in [1.165, 1.54) is 12.1 Å². The highest BCUT2D eigenvalue weighted by atomic mass is 19.4. The molecule has 0 saturated heterocycles. The summed E-state index contributed by atoms with van der Waals surface area (Å²) in [5, 5.41) is 0. The van der Waals surface area contributed by atoms with E-state index in [4.69, 9.17) is 10.6 Å². The summed E-state index contributed by atoms with van der Waals surface area (Å²) in [7, 11) is 0. The molecule has 0 radical (unpaired) electrons. The molecule has 2 atom stereocenters. The molecule has 1 amide bonds. The highest BCUT2D eigenvalue weighted by Gasteiger charge is 2.40. The molecule has 0 aromatic heterocycles. The summed E-state index contributed by atoms with van der Waals surface area (Å²) in [4.78, 5) is 11.4. The SMILES string of the molecule is CC(OC(C(=O)NN)c1ccccc1)C(F)(F)F. The Kier molecular flexibility index (Phi) is 4.69. The number of rotatable bonds is 4. The number of hydrogen-bond donors (Lipinski definition) is 2. The van der Waals surface area contributed by atoms with Crippen molar-refractivity contribution < 1.29 is 22.7 Å². The van der Waals surface area contributed by atoms with Crippen molar-refractivity contribution in [3.63, 3.8) is 0 Å². The summed E-state index contributed by atoms with van der Waals surface area (Å²) in [6.45, 7) is 0.833. The third-order valence-corrected chi connectivity index (χ3v) is 2.28. The number of nitrogens with two attached hydrogens (primary N) is 1. The van der Waals surface area contributed by atoms with Crippen LogP contribution in [0.1, 0.15) is 18.6 Å². The standard InChI is InChI=1S/C11H13F3N2O2/c1-7(11(12,13)14)18-9(10(17)16-15)8-5-3-2-4-6-8/h2-7,9H,15H2,1H3,(H,16,17). The van der Waals surface area contributed by atoms with Gasteiger partial charge in [-0.2, -0.15) is 13.2 Å². The van der Waals surface area contributed by atoms with E-state index in [2.05, 4.69) is 0 Å². The molecule has 0 saturated carbocycles. The lowest BCUT2D eigenvalue weighted by molar-refractivity contribution is -0.226. The molecule has 0 aliphatic rings. The number of hydrogen-bond acceptors (Lipinski definition) is 3. The summed E-state index contributed by atoms with van der Waals surface area (Å²) < 4.78 is 42.0. The predicted molar refractivity (Wildman–Crippen MR) is 58.1 cm³/mol. The lowest BCUT2D eigenvalue weighted by atomic mass is 10.1. The van der Waals surface area contributed by atoms with Crippen molar-refractivity contribution in [2.24, 2.45) is 5.84 Å². The first-order chi connectivity index (χ1) is 8.36. The van der Waals surface area contributed by atoms with Gasteiger partial charge in [-0.25, -0.2) is 5.84 Å². The zero-order valence-electron chi connectivity index (χ0n) is 9.57. The Hall–Kier alpha value is -1.60. The minimum absolute atomic E-state index is 0.302. The first-order valence-electron chi connectivity index (χ1n) is 5.14. The van der Waals surface area contributed by atoms with Crippen molar-refractivity contribution in [1.82, 2.24) is 5.43 Å². The van der Waals surface area contributed by atoms with Crippen LogP contribution in [0.4, 0.5) is 13.2 Å². The number of carbonyl (C=O) groups excluding carboxylic acids is 1. The molecule has 1 aromatic rings. The van der Waals surface area contributed by atoms with Gasteiger partial charge in [-0.1, -0.05) is 30.3 Å². The van der Waals surface area contributed by atoms with E-state index in [1.54, 1.807) is 23.6 Å². The summed E-state index contributed by atoms with van der Waals surface area (Å²) in [5.74, 6) is 4.10. The van der Waals surface area contributed by atoms with E-state index in [1.807, 2.05) is 0 Å². The van der Waals surface area contributed by atoms with Gasteiger partial charge in [0.15, 0.2) is 12.2 Å². The molecule has 18 heavy (non-hydrogen) atoms. The van der Waals surface area contributed by atoms with Crippen LogP contribution in [-0.4, -0.2) is 18.2 Å². The van der Waals surface area contributed by atoms with E-state index in [0.717, 1.165) is 6.92 Å². The zero-order chi connectivity index (χ0) is 13.8. The number of carbonyl (C=O) groups is 1. The van der Waals surface area contributed by atoms with Crippen molar-refractivity contribution in [1.29, 1.82) is 0 Å². The average molecular weight is 262 g/mol. The first kappa shape index (κ1) is 14.5. The number of ether oxygens (including phenoxy) is 1. The third kappa shape index (κ3) is 3.71. The summed E-state index contributed by atoms with van der Waals surface area (Å²) in [5.41, 5.74) is 2.09. The van der Waals surface area contributed by atoms with Gasteiger partial charge < -0.3 is 4.74 Å². The Labute approximate surface area is 102 Å². The fraction of sp³-hybridized carbons (Fsp3) is 0.364. The van der Waals surface area contributed by atoms with Gasteiger partial charge in [-0.3, -0.25) is 10.2 Å². The molecule has 1 rings (SSSR count). The average Bonchev–Trinajstić information content (AvgIpc) is 2.34. The van der Waals surface area contributed by atoms with E-state index in [0.29, 0.717) is 5.56 Å². The second kappa shape index (κ2) is 5.83. The number of nitrogens with one attached hydrogen (secondary N) is 1. The quantitative estimate of drug-likeness (QED) is 0.493. The number of amides is 1. The molecule has 4 nitrogen and oxygen atoms in total. The molecule has 3 N–H and O–H groups in total. The first-order valence-corrected chi connectivity index (χ1v) is 5.14. The summed E-state index contributed by atoms with van der Waals surface area (Å²) in [6.07, 6.45) is -8.00. The fourth-order valence-corrected chi connectivity index (χ4v) is 1.28. The minimum atomic E-state index is -4.54. The number of benzene rings is 1. The third-order valence-electron chi connectivity index (χ3n) is 2.28. The lowest BCUT2D eigenvalue weighted by Crippen LogP contribution is -2.39. The molecular weight excluding hydrogens is 249 g/mol. The van der Waals surface area contributed by atoms with Crippen LogP contribution in [0.25, 0.3) is 0 Å². The number of alkyl halides is 3. The Balaban J connectivity index is 2.91. The minimum Gasteiger partial charge on any atom is -0.351 e. The predicted octanol–water partition coefficient (Wildman–Crippen LogP) is 1.68. The fourth-order valence-electron chi connectivity index (χ4n) is 1.28. The molecule has 1 aromatic carbocycles. The van der Waals surface area contributed by atoms with Gasteiger partial charge in [0.25, 0.3) is 5.91 Å². The maximum absolute atomic E-state index is 12.4. The Bertz CT molecular complexity index is 395. The molecule has 7 heteroatoms. The molecule has 0 bridgehead atoms. The Morgan fingerprint density at radius 2 is 1.89 bits per heavy atom. The largest absolute Gasteiger partial charge is 0.414 e. The van der Waals surface area contributed by atoms with Crippen LogP contribution < -0.4 is 11.3 Å². The Morgan fingerprint density at radius 1 is 1.33 bits per heavy atom. The van der Waals surface area contributed by atoms with Crippen molar-refractivity contribution in [3.05, 3.63) is 35.9 Å². The monoisotopic (exact) mass is 262 g/mol. The molecule has 0 aliphatic heterocycles. The van der Waals surface area contributed by atoms with Crippen LogP contribution in [0.15, 0.2) is 30.3 Å². The van der Waals surface area contributed by atoms with Crippen molar-refractivity contribution in [2.75, 3.05) is 0 Å². The van der Waals surface area contributed by atoms with Gasteiger partial charge in [0.05, 0.1) is 0 Å². The van der Waals surface area contributed by atoms with Gasteiger partial charge in [-0.05, 0) is 12.5 Å². The van der Waals surface area contributed by atoms with Crippen LogP contribution in [-0.2, 0) is 9.53 Å². The number of halogens is 3. The van der Waals surface area contributed by atoms with Crippen molar-refractivity contribution in [2.45, 2.75) is 25.3 Å². The maximum Gasteiger partial charge on any atom is 0.414 e. The zero-order valence-corrected chi connectivity index (χ0v) is 9.57. The topological polar surface area (TPSA) is 64.3 Å². The van der Waals surface area contributed by atoms with E-state index in [-0.39, 0.29) is 0 Å². The van der Waals surface area contributed by atoms with Crippen molar-refractivity contribution >= 4 is 5.91 Å². The van der Waals surface area contributed by atoms with E-state index < -0.39 is 24.3 Å². The molecule has 100 valence electrons. The van der Waals surface area contributed by atoms with Crippen LogP contribution in [0.3, 0.4) is 0 Å². The smallest absolute Gasteiger partial charge is 0.351 e. The van der Waals surface area contributed by atoms with Crippen LogP contribution in [0.5, 0.6) is 0 Å². The van der Waals surface area contributed by atoms with Crippen LogP contribution >= 0.6 is 0 Å². The molecule has 0 aliphatic carbocycles. The number of hydrazine groups is 1. The second-order valence-corrected chi connectivity index (χ2v) is 3.62. The highest BCUT2D eigenvalue weighted by molar-refractivity contribution is 5.81. The molecular formula is C11H13F3N2O2. The molecule has 0 spiro atoms. The summed E-state index contributed by atoms with van der Waals surface area (Å²) in [6, 6.07) is 7.83. The maximum atomic E-state index is 12.4. The van der Waals surface area contributed by atoms with Gasteiger partial charge in [0, 0.05) is 0 Å². The van der Waals surface area contributed by atoms with Gasteiger partial charge in [0.2, 0.25) is 0 Å². The van der Waals surface area contributed by atoms with Gasteiger partial charge in [0.1, 0.15) is 0 Å². The van der Waals surface area contributed by atoms with Crippen LogP contribution in [0, 0.1) is 0 Å². The lowest BCUT2D eigenvalue weighted by Gasteiger charge is -2.23. The highest BCUT2D eigenvalue weighted by Crippen LogP contribution is 2.28. The van der Waals surface area contributed by atoms with E-state index >= 15 is 0 Å². The molecule has 0 heterocycles. The van der Waals surface area contributed by atoms with Gasteiger partial charge in [-0.15, -0.1) is 0 Å². The van der Waals surface area contributed by atoms with Crippen LogP contribution in [0.2, 0.25) is 0 Å². The van der Waals surface area contributed by atoms with E-state index in [9.17, 15) is 18.0 Å². The summed E-state index contributed by atoms with van der Waals surface area (Å²) >= 11 is 0. The second-order valence-electron chi connectivity index (χ2n) is 3.62. The van der Waals surface area contributed by atoms with Crippen molar-refractivity contribution in [3.8, 4) is 0 Å². The molecule has 0 fully saturated rings.